The van der Waals surface area contributed by atoms with E-state index in [1.807, 2.05) is 0 Å². The number of nitrogens with zero attached hydrogens (tertiary/aromatic N) is 2. The van der Waals surface area contributed by atoms with Crippen LogP contribution in [-0.2, 0) is 0 Å². The van der Waals surface area contributed by atoms with Crippen LogP contribution < -0.4 is 9.80 Å². The number of anilines is 3. The summed E-state index contributed by atoms with van der Waals surface area (Å²) in [5.41, 5.74) is 20.0. The van der Waals surface area contributed by atoms with Crippen molar-refractivity contribution in [2.75, 3.05) is 9.80 Å². The Kier molecular flexibility index (Phi) is 9.92. The van der Waals surface area contributed by atoms with Crippen LogP contribution in [0.3, 0.4) is 0 Å². The molecular weight excluding hydrogens is 761 g/mol. The topological polar surface area (TPSA) is 6.48 Å². The molecule has 0 radical (unpaired) electrons. The monoisotopic (exact) mass is 818 g/mol. The van der Waals surface area contributed by atoms with Gasteiger partial charge in [-0.25, -0.2) is 0 Å². The smallest absolute Gasteiger partial charge is 0.0588 e. The number of hydrogen-bond acceptors (Lipinski definition) is 2. The summed E-state index contributed by atoms with van der Waals surface area (Å²) in [5.74, 6) is 0.915. The number of hydrogen-bond donors (Lipinski definition) is 0. The Morgan fingerprint density at radius 3 is 2.19 bits per heavy atom. The fourth-order valence-electron chi connectivity index (χ4n) is 12.8. The molecule has 8 aliphatic carbocycles. The van der Waals surface area contributed by atoms with Gasteiger partial charge in [0.05, 0.1) is 17.5 Å². The molecule has 1 heterocycles. The van der Waals surface area contributed by atoms with E-state index in [2.05, 4.69) is 192 Å². The Bertz CT molecular complexity index is 2730. The van der Waals surface area contributed by atoms with Crippen LogP contribution >= 0.6 is 0 Å². The van der Waals surface area contributed by atoms with E-state index in [4.69, 9.17) is 0 Å². The van der Waals surface area contributed by atoms with Crippen molar-refractivity contribution in [3.63, 3.8) is 0 Å². The molecule has 312 valence electrons. The molecule has 2 heteroatoms. The Morgan fingerprint density at radius 1 is 0.619 bits per heavy atom. The minimum atomic E-state index is -0.195. The molecule has 0 fully saturated rings. The molecule has 5 unspecified atom stereocenters. The van der Waals surface area contributed by atoms with Gasteiger partial charge in [-0.2, -0.15) is 0 Å². The predicted octanol–water partition coefficient (Wildman–Crippen LogP) is 15.5. The summed E-state index contributed by atoms with van der Waals surface area (Å²) in [5, 5.41) is 0. The zero-order chi connectivity index (χ0) is 41.7. The van der Waals surface area contributed by atoms with Crippen molar-refractivity contribution in [2.24, 2.45) is 17.3 Å². The number of benzene rings is 3. The van der Waals surface area contributed by atoms with Gasteiger partial charge in [-0.05, 0) is 175 Å². The first-order valence-electron chi connectivity index (χ1n) is 24.1. The summed E-state index contributed by atoms with van der Waals surface area (Å²) in [7, 11) is 0. The van der Waals surface area contributed by atoms with Crippen molar-refractivity contribution in [2.45, 2.75) is 89.1 Å². The lowest BCUT2D eigenvalue weighted by Gasteiger charge is -2.44. The van der Waals surface area contributed by atoms with Gasteiger partial charge in [0.1, 0.15) is 0 Å². The SMILES string of the molecule is C1=CCCC(c2ccc(N(c3ccc(C4=CC5=C(CC4)N(c4ccccc4)C4C=CCCC54)cc3)C3C=C4C(=CC3)C3=C(C=CCC3)C4(C3=CCCC=C3)C3C=CC=CC3)cc2)=C1. The quantitative estimate of drug-likeness (QED) is 0.209. The van der Waals surface area contributed by atoms with E-state index in [-0.39, 0.29) is 11.5 Å². The lowest BCUT2D eigenvalue weighted by molar-refractivity contribution is 0.394. The summed E-state index contributed by atoms with van der Waals surface area (Å²) >= 11 is 0. The number of para-hydroxylation sites is 1. The van der Waals surface area contributed by atoms with Crippen LogP contribution in [0, 0.1) is 17.3 Å². The molecule has 0 saturated heterocycles. The minimum Gasteiger partial charge on any atom is -0.337 e. The van der Waals surface area contributed by atoms with Gasteiger partial charge in [-0.1, -0.05) is 146 Å². The van der Waals surface area contributed by atoms with E-state index < -0.39 is 0 Å². The van der Waals surface area contributed by atoms with Crippen LogP contribution in [-0.4, -0.2) is 12.1 Å². The minimum absolute atomic E-state index is 0.165. The maximum absolute atomic E-state index is 2.72. The Balaban J connectivity index is 0.944. The Morgan fingerprint density at radius 2 is 1.43 bits per heavy atom. The average molecular weight is 819 g/mol. The molecule has 3 aromatic rings. The van der Waals surface area contributed by atoms with Crippen LogP contribution in [0.2, 0.25) is 0 Å². The second-order valence-electron chi connectivity index (χ2n) is 18.9. The van der Waals surface area contributed by atoms with E-state index in [1.165, 1.54) is 68.2 Å². The molecule has 0 N–H and O–H groups in total. The van der Waals surface area contributed by atoms with E-state index >= 15 is 0 Å². The molecule has 0 amide bonds. The summed E-state index contributed by atoms with van der Waals surface area (Å²) in [6, 6.07) is 30.9. The zero-order valence-electron chi connectivity index (χ0n) is 36.5. The maximum Gasteiger partial charge on any atom is 0.0588 e. The first-order valence-corrected chi connectivity index (χ1v) is 24.1. The maximum atomic E-state index is 2.72. The van der Waals surface area contributed by atoms with Crippen LogP contribution in [0.15, 0.2) is 221 Å². The third-order valence-corrected chi connectivity index (χ3v) is 15.6. The van der Waals surface area contributed by atoms with Crippen molar-refractivity contribution in [3.8, 4) is 0 Å². The van der Waals surface area contributed by atoms with Gasteiger partial charge in [0.15, 0.2) is 0 Å². The molecule has 12 rings (SSSR count). The van der Waals surface area contributed by atoms with E-state index in [0.717, 1.165) is 70.6 Å². The molecule has 3 aromatic carbocycles. The molecule has 1 aliphatic heterocycles. The van der Waals surface area contributed by atoms with Gasteiger partial charge >= 0.3 is 0 Å². The van der Waals surface area contributed by atoms with Crippen molar-refractivity contribution in [3.05, 3.63) is 232 Å². The molecule has 63 heavy (non-hydrogen) atoms. The summed E-state index contributed by atoms with van der Waals surface area (Å²) < 4.78 is 0. The van der Waals surface area contributed by atoms with Gasteiger partial charge in [0, 0.05) is 28.7 Å². The van der Waals surface area contributed by atoms with Gasteiger partial charge in [-0.15, -0.1) is 0 Å². The van der Waals surface area contributed by atoms with E-state index in [9.17, 15) is 0 Å². The highest BCUT2D eigenvalue weighted by atomic mass is 15.2. The third-order valence-electron chi connectivity index (χ3n) is 15.6. The molecule has 0 bridgehead atoms. The molecule has 0 saturated carbocycles. The molecule has 0 aromatic heterocycles. The van der Waals surface area contributed by atoms with Crippen LogP contribution in [0.1, 0.15) is 88.2 Å². The van der Waals surface area contributed by atoms with Crippen molar-refractivity contribution < 1.29 is 0 Å². The molecule has 5 atom stereocenters. The largest absolute Gasteiger partial charge is 0.337 e. The fourth-order valence-corrected chi connectivity index (χ4v) is 12.8. The normalized spacial score (nSPS) is 27.9. The molecule has 9 aliphatic rings. The first-order chi connectivity index (χ1) is 31.3. The Hall–Kier alpha value is -6.12. The van der Waals surface area contributed by atoms with Crippen LogP contribution in [0.4, 0.5) is 17.1 Å². The van der Waals surface area contributed by atoms with Crippen molar-refractivity contribution >= 4 is 28.2 Å². The van der Waals surface area contributed by atoms with Gasteiger partial charge < -0.3 is 9.80 Å². The highest BCUT2D eigenvalue weighted by Crippen LogP contribution is 2.64. The standard InChI is InChI=1S/C61H58N2/c1-5-17-43(18-6-1)44-29-34-50(35-30-44)62(51-36-31-45(32-37-51)46-33-40-60-56(41-46)55-26-14-16-28-59(55)63(60)49-23-11-4-12-24-49)52-38-39-54-53-25-13-15-27-57(53)61(58(54)42-52,47-19-7-2-8-20-47)48-21-9-3-10-22-48/h1-2,4-5,7-9,11-12,15-17,19,21-24,27-32,34-37,39,41-42,47,52,55,59H,3,6,10,13-14,18,20,25-26,33,38,40H2. The predicted molar refractivity (Wildman–Crippen MR) is 265 cm³/mol. The first kappa shape index (κ1) is 38.5. The summed E-state index contributed by atoms with van der Waals surface area (Å²) in [6.45, 7) is 0. The second kappa shape index (κ2) is 16.2. The molecule has 2 nitrogen and oxygen atoms in total. The van der Waals surface area contributed by atoms with Crippen molar-refractivity contribution in [1.29, 1.82) is 0 Å². The molecular formula is C61H58N2. The second-order valence-corrected chi connectivity index (χ2v) is 18.9. The van der Waals surface area contributed by atoms with Crippen LogP contribution in [0.25, 0.3) is 11.1 Å². The van der Waals surface area contributed by atoms with E-state index in [0.29, 0.717) is 17.9 Å². The zero-order valence-corrected chi connectivity index (χ0v) is 36.5. The Labute approximate surface area is 375 Å². The van der Waals surface area contributed by atoms with Gasteiger partial charge in [0.25, 0.3) is 0 Å². The summed E-state index contributed by atoms with van der Waals surface area (Å²) in [6.07, 6.45) is 54.8. The number of rotatable bonds is 8. The van der Waals surface area contributed by atoms with Crippen molar-refractivity contribution in [1.82, 2.24) is 0 Å². The van der Waals surface area contributed by atoms with Gasteiger partial charge in [-0.3, -0.25) is 0 Å². The summed E-state index contributed by atoms with van der Waals surface area (Å²) in [4.78, 5) is 5.31. The average Bonchev–Trinajstić information content (AvgIpc) is 3.86. The number of allylic oxidation sites excluding steroid dienone is 22. The van der Waals surface area contributed by atoms with Gasteiger partial charge in [0.2, 0.25) is 0 Å². The lowest BCUT2D eigenvalue weighted by Crippen LogP contribution is -2.37. The fraction of sp³-hybridized carbons (Fsp3) is 0.279. The molecule has 0 spiro atoms. The lowest BCUT2D eigenvalue weighted by atomic mass is 9.59. The highest BCUT2D eigenvalue weighted by Gasteiger charge is 2.53. The third kappa shape index (κ3) is 6.51. The number of fused-ring (bicyclic) bond motifs is 4. The van der Waals surface area contributed by atoms with Crippen LogP contribution in [0.5, 0.6) is 0 Å². The highest BCUT2D eigenvalue weighted by molar-refractivity contribution is 5.79. The van der Waals surface area contributed by atoms with E-state index in [1.54, 1.807) is 16.7 Å².